The van der Waals surface area contributed by atoms with Gasteiger partial charge in [-0.15, -0.1) is 0 Å². The molecule has 2 N–H and O–H groups in total. The zero-order valence-corrected chi connectivity index (χ0v) is 20.1. The number of aromatic nitrogens is 3. The van der Waals surface area contributed by atoms with Crippen molar-refractivity contribution >= 4 is 40.0 Å². The van der Waals surface area contributed by atoms with E-state index in [1.54, 1.807) is 22.4 Å². The van der Waals surface area contributed by atoms with E-state index in [1.165, 1.54) is 0 Å². The summed E-state index contributed by atoms with van der Waals surface area (Å²) in [6, 6.07) is 10.0. The van der Waals surface area contributed by atoms with Crippen LogP contribution in [0.2, 0.25) is 0 Å². The molecule has 34 heavy (non-hydrogen) atoms. The topological polar surface area (TPSA) is 112 Å². The maximum atomic E-state index is 12.2. The molecule has 0 saturated carbocycles. The van der Waals surface area contributed by atoms with E-state index < -0.39 is 5.97 Å². The van der Waals surface area contributed by atoms with Crippen molar-refractivity contribution < 1.29 is 14.7 Å². The van der Waals surface area contributed by atoms with Gasteiger partial charge in [0, 0.05) is 45.0 Å². The second-order valence-electron chi connectivity index (χ2n) is 8.38. The largest absolute Gasteiger partial charge is 0.481 e. The smallest absolute Gasteiger partial charge is 0.303 e. The molecule has 0 unspecified atom stereocenters. The van der Waals surface area contributed by atoms with Crippen LogP contribution in [-0.2, 0) is 9.59 Å². The van der Waals surface area contributed by atoms with Crippen LogP contribution in [0.15, 0.2) is 42.7 Å². The fraction of sp³-hybridized carbons (Fsp3) is 0.375. The number of carbonyl (C=O) groups excluding carboxylic acids is 1. The number of hydrogen-bond acceptors (Lipinski definition) is 8. The lowest BCUT2D eigenvalue weighted by Crippen LogP contribution is -2.45. The molecule has 3 aromatic rings. The number of anilines is 3. The van der Waals surface area contributed by atoms with E-state index in [9.17, 15) is 9.59 Å². The van der Waals surface area contributed by atoms with Gasteiger partial charge in [-0.2, -0.15) is 0 Å². The number of pyridine rings is 2. The highest BCUT2D eigenvalue weighted by Crippen LogP contribution is 2.32. The van der Waals surface area contributed by atoms with Crippen LogP contribution < -0.4 is 10.2 Å². The van der Waals surface area contributed by atoms with Gasteiger partial charge in [0.1, 0.15) is 11.6 Å². The molecule has 9 nitrogen and oxygen atoms in total. The van der Waals surface area contributed by atoms with Crippen LogP contribution in [0.1, 0.15) is 31.2 Å². The minimum atomic E-state index is -0.940. The number of likely N-dealkylation sites (tertiary alicyclic amines) is 1. The van der Waals surface area contributed by atoms with Gasteiger partial charge in [-0.25, -0.2) is 15.0 Å². The molecule has 0 radical (unpaired) electrons. The average Bonchev–Trinajstić information content (AvgIpc) is 3.33. The standard InChI is InChI=1S/C24H28N6O3S/c1-16-8-11-25-21(14-16)28-20-5-3-4-18(27-20)19-15-26-24(34-19)29(2)17-9-12-30(13-10-17)22(31)6-7-23(32)33/h3-5,8,11,14-15,17H,6-7,9-10,12-13H2,1-2H3,(H,32,33)(H,25,27,28). The van der Waals surface area contributed by atoms with Crippen LogP contribution >= 0.6 is 11.3 Å². The number of carboxylic acid groups (broad SMARTS) is 1. The van der Waals surface area contributed by atoms with Gasteiger partial charge in [0.05, 0.1) is 17.0 Å². The third-order valence-electron chi connectivity index (χ3n) is 5.89. The Morgan fingerprint density at radius 1 is 1.18 bits per heavy atom. The van der Waals surface area contributed by atoms with Gasteiger partial charge in [-0.05, 0) is 49.6 Å². The molecular weight excluding hydrogens is 452 g/mol. The number of thiazole rings is 1. The van der Waals surface area contributed by atoms with Crippen molar-refractivity contribution in [3.63, 3.8) is 0 Å². The lowest BCUT2D eigenvalue weighted by atomic mass is 10.0. The van der Waals surface area contributed by atoms with Gasteiger partial charge in [0.25, 0.3) is 0 Å². The number of hydrogen-bond donors (Lipinski definition) is 2. The summed E-state index contributed by atoms with van der Waals surface area (Å²) in [6.07, 6.45) is 5.21. The number of piperidine rings is 1. The summed E-state index contributed by atoms with van der Waals surface area (Å²) in [5, 5.41) is 12.9. The van der Waals surface area contributed by atoms with Crippen molar-refractivity contribution in [3.05, 3.63) is 48.3 Å². The molecule has 0 spiro atoms. The first-order valence-electron chi connectivity index (χ1n) is 11.2. The number of aryl methyl sites for hydroxylation is 1. The van der Waals surface area contributed by atoms with Crippen LogP contribution in [0, 0.1) is 6.92 Å². The predicted octanol–water partition coefficient (Wildman–Crippen LogP) is 3.94. The van der Waals surface area contributed by atoms with E-state index in [4.69, 9.17) is 10.1 Å². The molecule has 0 aromatic carbocycles. The Labute approximate surface area is 202 Å². The lowest BCUT2D eigenvalue weighted by molar-refractivity contribution is -0.141. The molecule has 3 aromatic heterocycles. The monoisotopic (exact) mass is 480 g/mol. The first-order chi connectivity index (χ1) is 16.4. The Morgan fingerprint density at radius 2 is 1.97 bits per heavy atom. The minimum Gasteiger partial charge on any atom is -0.481 e. The molecule has 1 amide bonds. The second kappa shape index (κ2) is 10.6. The molecular formula is C24H28N6O3S. The van der Waals surface area contributed by atoms with Crippen LogP contribution in [0.4, 0.5) is 16.8 Å². The fourth-order valence-electron chi connectivity index (χ4n) is 3.95. The second-order valence-corrected chi connectivity index (χ2v) is 9.38. The summed E-state index contributed by atoms with van der Waals surface area (Å²) in [6.45, 7) is 3.29. The predicted molar refractivity (Wildman–Crippen MR) is 132 cm³/mol. The van der Waals surface area contributed by atoms with Crippen molar-refractivity contribution in [2.24, 2.45) is 0 Å². The quantitative estimate of drug-likeness (QED) is 0.499. The first kappa shape index (κ1) is 23.6. The zero-order valence-electron chi connectivity index (χ0n) is 19.3. The van der Waals surface area contributed by atoms with Gasteiger partial charge in [-0.1, -0.05) is 17.4 Å². The summed E-state index contributed by atoms with van der Waals surface area (Å²) in [5.41, 5.74) is 1.97. The number of nitrogens with one attached hydrogen (secondary N) is 1. The maximum absolute atomic E-state index is 12.2. The number of carboxylic acids is 1. The lowest BCUT2D eigenvalue weighted by Gasteiger charge is -2.36. The summed E-state index contributed by atoms with van der Waals surface area (Å²) in [4.78, 5) is 41.5. The fourth-order valence-corrected chi connectivity index (χ4v) is 4.87. The Bertz CT molecular complexity index is 1160. The molecule has 0 atom stereocenters. The number of rotatable bonds is 8. The molecule has 0 bridgehead atoms. The van der Waals surface area contributed by atoms with Gasteiger partial charge in [0.2, 0.25) is 5.91 Å². The highest BCUT2D eigenvalue weighted by atomic mass is 32.1. The van der Waals surface area contributed by atoms with E-state index in [1.807, 2.05) is 50.5 Å². The number of aliphatic carboxylic acids is 1. The SMILES string of the molecule is Cc1ccnc(Nc2cccc(-c3cnc(N(C)C4CCN(C(=O)CCC(=O)O)CC4)s3)n2)c1. The Hall–Kier alpha value is -3.53. The summed E-state index contributed by atoms with van der Waals surface area (Å²) >= 11 is 1.59. The van der Waals surface area contributed by atoms with E-state index in [0.717, 1.165) is 45.7 Å². The van der Waals surface area contributed by atoms with Crippen molar-refractivity contribution in [2.45, 2.75) is 38.6 Å². The molecule has 0 aliphatic carbocycles. The molecule has 1 saturated heterocycles. The Balaban J connectivity index is 1.37. The van der Waals surface area contributed by atoms with Gasteiger partial charge < -0.3 is 20.2 Å². The van der Waals surface area contributed by atoms with Crippen LogP contribution in [-0.4, -0.2) is 63.0 Å². The first-order valence-corrected chi connectivity index (χ1v) is 12.1. The minimum absolute atomic E-state index is 0.0620. The highest BCUT2D eigenvalue weighted by Gasteiger charge is 2.26. The van der Waals surface area contributed by atoms with Crippen molar-refractivity contribution in [1.82, 2.24) is 19.9 Å². The van der Waals surface area contributed by atoms with Crippen LogP contribution in [0.3, 0.4) is 0 Å². The van der Waals surface area contributed by atoms with Gasteiger partial charge in [0.15, 0.2) is 5.13 Å². The van der Waals surface area contributed by atoms with E-state index >= 15 is 0 Å². The van der Waals surface area contributed by atoms with Crippen molar-refractivity contribution in [1.29, 1.82) is 0 Å². The molecule has 178 valence electrons. The normalized spacial score (nSPS) is 14.1. The van der Waals surface area contributed by atoms with E-state index in [0.29, 0.717) is 13.1 Å². The number of amides is 1. The molecule has 1 aliphatic heterocycles. The molecule has 4 heterocycles. The maximum Gasteiger partial charge on any atom is 0.303 e. The van der Waals surface area contributed by atoms with Crippen molar-refractivity contribution in [3.8, 4) is 10.6 Å². The molecule has 1 aliphatic rings. The number of nitrogens with zero attached hydrogens (tertiary/aromatic N) is 5. The van der Waals surface area contributed by atoms with Crippen LogP contribution in [0.5, 0.6) is 0 Å². The summed E-state index contributed by atoms with van der Waals surface area (Å²) in [7, 11) is 2.03. The zero-order chi connectivity index (χ0) is 24.1. The van der Waals surface area contributed by atoms with E-state index in [2.05, 4.69) is 20.2 Å². The summed E-state index contributed by atoms with van der Waals surface area (Å²) < 4.78 is 0. The van der Waals surface area contributed by atoms with Gasteiger partial charge in [-0.3, -0.25) is 9.59 Å². The number of carbonyl (C=O) groups is 2. The molecule has 4 rings (SSSR count). The molecule has 1 fully saturated rings. The van der Waals surface area contributed by atoms with E-state index in [-0.39, 0.29) is 24.8 Å². The third kappa shape index (κ3) is 5.88. The summed E-state index contributed by atoms with van der Waals surface area (Å²) in [5.74, 6) is 0.451. The third-order valence-corrected chi connectivity index (χ3v) is 7.00. The van der Waals surface area contributed by atoms with Crippen LogP contribution in [0.25, 0.3) is 10.6 Å². The Morgan fingerprint density at radius 3 is 2.71 bits per heavy atom. The van der Waals surface area contributed by atoms with Crippen molar-refractivity contribution in [2.75, 3.05) is 30.4 Å². The highest BCUT2D eigenvalue weighted by molar-refractivity contribution is 7.18. The van der Waals surface area contributed by atoms with Gasteiger partial charge >= 0.3 is 5.97 Å². The molecule has 10 heteroatoms. The Kier molecular flexibility index (Phi) is 7.36. The average molecular weight is 481 g/mol.